The fourth-order valence-corrected chi connectivity index (χ4v) is 1.50. The van der Waals surface area contributed by atoms with Crippen LogP contribution in [0.4, 0.5) is 0 Å². The Labute approximate surface area is 96.3 Å². The van der Waals surface area contributed by atoms with E-state index in [1.807, 2.05) is 19.1 Å². The van der Waals surface area contributed by atoms with Crippen molar-refractivity contribution in [1.82, 2.24) is 15.0 Å². The number of aromatic carboxylic acids is 1. The van der Waals surface area contributed by atoms with Gasteiger partial charge < -0.3 is 5.11 Å². The maximum Gasteiger partial charge on any atom is 0.359 e. The van der Waals surface area contributed by atoms with Crippen molar-refractivity contribution in [3.8, 4) is 5.69 Å². The van der Waals surface area contributed by atoms with Crippen LogP contribution >= 0.6 is 11.6 Å². The fraction of sp³-hybridized carbons (Fsp3) is 0.100. The van der Waals surface area contributed by atoms with E-state index >= 15 is 0 Å². The topological polar surface area (TPSA) is 68.0 Å². The van der Waals surface area contributed by atoms with Crippen LogP contribution in [0.15, 0.2) is 24.3 Å². The second kappa shape index (κ2) is 3.94. The molecule has 2 rings (SSSR count). The Bertz CT molecular complexity index is 533. The minimum atomic E-state index is -1.19. The van der Waals surface area contributed by atoms with Gasteiger partial charge in [-0.15, -0.1) is 5.10 Å². The average molecular weight is 238 g/mol. The van der Waals surface area contributed by atoms with Crippen LogP contribution < -0.4 is 0 Å². The van der Waals surface area contributed by atoms with E-state index in [1.165, 1.54) is 4.68 Å². The zero-order chi connectivity index (χ0) is 11.7. The maximum absolute atomic E-state index is 10.7. The van der Waals surface area contributed by atoms with E-state index in [0.717, 1.165) is 5.56 Å². The summed E-state index contributed by atoms with van der Waals surface area (Å²) in [6.45, 7) is 1.95. The molecule has 82 valence electrons. The molecule has 0 amide bonds. The molecule has 16 heavy (non-hydrogen) atoms. The summed E-state index contributed by atoms with van der Waals surface area (Å²) in [5, 5.41) is 16.0. The van der Waals surface area contributed by atoms with E-state index in [1.54, 1.807) is 12.1 Å². The summed E-state index contributed by atoms with van der Waals surface area (Å²) >= 11 is 5.85. The summed E-state index contributed by atoms with van der Waals surface area (Å²) in [7, 11) is 0. The van der Waals surface area contributed by atoms with Crippen LogP contribution in [0.3, 0.4) is 0 Å². The standard InChI is InChI=1S/C10H8ClN3O2/c1-6-2-4-7(5-3-6)14-9(11)8(10(15)16)12-13-14/h2-5H,1H3,(H,15,16). The summed E-state index contributed by atoms with van der Waals surface area (Å²) in [5.41, 5.74) is 1.52. The average Bonchev–Trinajstić information content (AvgIpc) is 2.61. The van der Waals surface area contributed by atoms with Gasteiger partial charge in [0, 0.05) is 0 Å². The molecule has 0 aliphatic heterocycles. The molecule has 2 aromatic rings. The number of halogens is 1. The molecule has 0 fully saturated rings. The van der Waals surface area contributed by atoms with Gasteiger partial charge in [-0.05, 0) is 19.1 Å². The van der Waals surface area contributed by atoms with Gasteiger partial charge in [-0.1, -0.05) is 34.5 Å². The third kappa shape index (κ3) is 1.77. The first-order valence-electron chi connectivity index (χ1n) is 4.51. The van der Waals surface area contributed by atoms with Crippen LogP contribution in [0, 0.1) is 6.92 Å². The molecule has 0 radical (unpaired) electrons. The number of hydrogen-bond acceptors (Lipinski definition) is 3. The van der Waals surface area contributed by atoms with Gasteiger partial charge in [0.1, 0.15) is 0 Å². The van der Waals surface area contributed by atoms with Crippen molar-refractivity contribution < 1.29 is 9.90 Å². The van der Waals surface area contributed by atoms with Gasteiger partial charge in [0.2, 0.25) is 5.69 Å². The van der Waals surface area contributed by atoms with Crippen LogP contribution in [0.2, 0.25) is 5.15 Å². The lowest BCUT2D eigenvalue weighted by molar-refractivity contribution is 0.0690. The predicted molar refractivity (Wildman–Crippen MR) is 58.1 cm³/mol. The van der Waals surface area contributed by atoms with E-state index in [2.05, 4.69) is 10.3 Å². The largest absolute Gasteiger partial charge is 0.476 e. The molecule has 1 N–H and O–H groups in total. The van der Waals surface area contributed by atoms with Gasteiger partial charge in [0.15, 0.2) is 5.15 Å². The lowest BCUT2D eigenvalue weighted by Crippen LogP contribution is -1.99. The molecule has 0 spiro atoms. The van der Waals surface area contributed by atoms with E-state index in [0.29, 0.717) is 5.69 Å². The molecule has 1 heterocycles. The van der Waals surface area contributed by atoms with Crippen LogP contribution in [0.5, 0.6) is 0 Å². The van der Waals surface area contributed by atoms with E-state index in [-0.39, 0.29) is 10.8 Å². The summed E-state index contributed by atoms with van der Waals surface area (Å²) in [4.78, 5) is 10.7. The van der Waals surface area contributed by atoms with Crippen molar-refractivity contribution in [3.05, 3.63) is 40.7 Å². The number of carboxylic acid groups (broad SMARTS) is 1. The second-order valence-corrected chi connectivity index (χ2v) is 3.64. The summed E-state index contributed by atoms with van der Waals surface area (Å²) < 4.78 is 1.28. The monoisotopic (exact) mass is 237 g/mol. The Morgan fingerprint density at radius 2 is 2.00 bits per heavy atom. The molecule has 5 nitrogen and oxygen atoms in total. The SMILES string of the molecule is Cc1ccc(-n2nnc(C(=O)O)c2Cl)cc1. The van der Waals surface area contributed by atoms with E-state index in [9.17, 15) is 4.79 Å². The van der Waals surface area contributed by atoms with Crippen LogP contribution in [0.1, 0.15) is 16.1 Å². The van der Waals surface area contributed by atoms with Gasteiger partial charge in [0.25, 0.3) is 0 Å². The van der Waals surface area contributed by atoms with Gasteiger partial charge in [0.05, 0.1) is 5.69 Å². The molecule has 6 heteroatoms. The quantitative estimate of drug-likeness (QED) is 0.867. The molecule has 1 aromatic heterocycles. The molecule has 1 aromatic carbocycles. The highest BCUT2D eigenvalue weighted by atomic mass is 35.5. The number of nitrogens with zero attached hydrogens (tertiary/aromatic N) is 3. The van der Waals surface area contributed by atoms with Gasteiger partial charge >= 0.3 is 5.97 Å². The molecule has 0 atom stereocenters. The van der Waals surface area contributed by atoms with Crippen molar-refractivity contribution in [2.75, 3.05) is 0 Å². The predicted octanol–water partition coefficient (Wildman–Crippen LogP) is 1.93. The first kappa shape index (κ1) is 10.6. The number of aromatic nitrogens is 3. The molecule has 0 bridgehead atoms. The lowest BCUT2D eigenvalue weighted by Gasteiger charge is -2.01. The van der Waals surface area contributed by atoms with Crippen LogP contribution in [-0.2, 0) is 0 Å². The summed E-state index contributed by atoms with van der Waals surface area (Å²) in [6.07, 6.45) is 0. The molecule has 0 unspecified atom stereocenters. The van der Waals surface area contributed by atoms with Gasteiger partial charge in [-0.25, -0.2) is 9.48 Å². The number of aryl methyl sites for hydroxylation is 1. The third-order valence-electron chi connectivity index (χ3n) is 2.10. The Morgan fingerprint density at radius 1 is 1.38 bits per heavy atom. The highest BCUT2D eigenvalue weighted by molar-refractivity contribution is 6.32. The van der Waals surface area contributed by atoms with Crippen molar-refractivity contribution in [2.24, 2.45) is 0 Å². The van der Waals surface area contributed by atoms with Crippen LogP contribution in [-0.4, -0.2) is 26.1 Å². The Morgan fingerprint density at radius 3 is 2.50 bits per heavy atom. The maximum atomic E-state index is 10.7. The number of carbonyl (C=O) groups is 1. The normalized spacial score (nSPS) is 10.4. The first-order chi connectivity index (χ1) is 7.59. The van der Waals surface area contributed by atoms with E-state index in [4.69, 9.17) is 16.7 Å². The first-order valence-corrected chi connectivity index (χ1v) is 4.89. The van der Waals surface area contributed by atoms with Crippen molar-refractivity contribution in [3.63, 3.8) is 0 Å². The van der Waals surface area contributed by atoms with Crippen molar-refractivity contribution in [2.45, 2.75) is 6.92 Å². The van der Waals surface area contributed by atoms with Gasteiger partial charge in [-0.2, -0.15) is 0 Å². The van der Waals surface area contributed by atoms with Crippen molar-refractivity contribution >= 4 is 17.6 Å². The number of benzene rings is 1. The van der Waals surface area contributed by atoms with Crippen molar-refractivity contribution in [1.29, 1.82) is 0 Å². The van der Waals surface area contributed by atoms with Crippen LogP contribution in [0.25, 0.3) is 5.69 Å². The highest BCUT2D eigenvalue weighted by Gasteiger charge is 2.17. The zero-order valence-electron chi connectivity index (χ0n) is 8.38. The molecule has 0 saturated carbocycles. The minimum absolute atomic E-state index is 0.00338. The third-order valence-corrected chi connectivity index (χ3v) is 2.44. The Hall–Kier alpha value is -1.88. The molecule has 0 saturated heterocycles. The molecule has 0 aliphatic carbocycles. The zero-order valence-corrected chi connectivity index (χ0v) is 9.14. The molecular weight excluding hydrogens is 230 g/mol. The smallest absolute Gasteiger partial charge is 0.359 e. The molecular formula is C10H8ClN3O2. The Kier molecular flexibility index (Phi) is 2.62. The second-order valence-electron chi connectivity index (χ2n) is 3.28. The number of hydrogen-bond donors (Lipinski definition) is 1. The fourth-order valence-electron chi connectivity index (χ4n) is 1.25. The highest BCUT2D eigenvalue weighted by Crippen LogP contribution is 2.18. The summed E-state index contributed by atoms with van der Waals surface area (Å²) in [5.74, 6) is -1.19. The van der Waals surface area contributed by atoms with E-state index < -0.39 is 5.97 Å². The molecule has 0 aliphatic rings. The lowest BCUT2D eigenvalue weighted by atomic mass is 10.2. The minimum Gasteiger partial charge on any atom is -0.476 e. The number of rotatable bonds is 2. The number of carboxylic acids is 1. The van der Waals surface area contributed by atoms with Gasteiger partial charge in [-0.3, -0.25) is 0 Å². The Balaban J connectivity index is 2.49. The summed E-state index contributed by atoms with van der Waals surface area (Å²) in [6, 6.07) is 7.35.